The highest BCUT2D eigenvalue weighted by Gasteiger charge is 2.27. The number of nitrogens with zero attached hydrogens (tertiary/aromatic N) is 2. The number of hydrogen-bond donors (Lipinski definition) is 3. The van der Waals surface area contributed by atoms with Crippen molar-refractivity contribution < 1.29 is 5.11 Å². The van der Waals surface area contributed by atoms with Gasteiger partial charge in [-0.05, 0) is 12.8 Å². The van der Waals surface area contributed by atoms with Gasteiger partial charge in [-0.25, -0.2) is 4.68 Å². The molecule has 0 spiro atoms. The zero-order valence-electron chi connectivity index (χ0n) is 11.5. The number of halogens is 1. The van der Waals surface area contributed by atoms with Crippen LogP contribution in [0.15, 0.2) is 11.0 Å². The third kappa shape index (κ3) is 3.46. The van der Waals surface area contributed by atoms with Gasteiger partial charge in [0.2, 0.25) is 0 Å². The second kappa shape index (κ2) is 6.36. The van der Waals surface area contributed by atoms with Gasteiger partial charge in [0.25, 0.3) is 5.56 Å². The fourth-order valence-corrected chi connectivity index (χ4v) is 1.74. The molecule has 1 aromatic rings. The molecule has 1 atom stereocenters. The van der Waals surface area contributed by atoms with Gasteiger partial charge in [0.15, 0.2) is 0 Å². The Morgan fingerprint density at radius 2 is 2.26 bits per heavy atom. The molecule has 0 saturated carbocycles. The summed E-state index contributed by atoms with van der Waals surface area (Å²) in [7, 11) is 0. The Labute approximate surface area is 117 Å². The summed E-state index contributed by atoms with van der Waals surface area (Å²) in [5, 5.41) is 16.0. The lowest BCUT2D eigenvalue weighted by molar-refractivity contribution is 0.266. The molecule has 0 aromatic carbocycles. The number of aliphatic hydroxyl groups is 1. The van der Waals surface area contributed by atoms with Crippen molar-refractivity contribution in [3.05, 3.63) is 21.6 Å². The van der Waals surface area contributed by atoms with Gasteiger partial charge < -0.3 is 16.2 Å². The number of hydrogen-bond acceptors (Lipinski definition) is 5. The lowest BCUT2D eigenvalue weighted by Gasteiger charge is -2.34. The molecule has 0 amide bonds. The predicted octanol–water partition coefficient (Wildman–Crippen LogP) is 0.674. The summed E-state index contributed by atoms with van der Waals surface area (Å²) in [6, 6.07) is 0. The Bertz CT molecular complexity index is 489. The molecule has 0 fully saturated rings. The van der Waals surface area contributed by atoms with E-state index in [1.807, 2.05) is 20.8 Å². The van der Waals surface area contributed by atoms with E-state index >= 15 is 0 Å². The predicted molar refractivity (Wildman–Crippen MR) is 76.5 cm³/mol. The number of aromatic nitrogens is 2. The van der Waals surface area contributed by atoms with Gasteiger partial charge in [0.1, 0.15) is 5.02 Å². The van der Waals surface area contributed by atoms with E-state index in [0.29, 0.717) is 12.2 Å². The monoisotopic (exact) mass is 288 g/mol. The van der Waals surface area contributed by atoms with Crippen molar-refractivity contribution in [3.8, 4) is 0 Å². The third-order valence-corrected chi connectivity index (χ3v) is 3.78. The summed E-state index contributed by atoms with van der Waals surface area (Å²) in [4.78, 5) is 11.9. The molecule has 108 valence electrons. The molecular weight excluding hydrogens is 268 g/mol. The minimum atomic E-state index is -0.427. The van der Waals surface area contributed by atoms with Crippen LogP contribution in [-0.2, 0) is 6.54 Å². The van der Waals surface area contributed by atoms with Crippen LogP contribution >= 0.6 is 11.6 Å². The van der Waals surface area contributed by atoms with Crippen LogP contribution in [0.5, 0.6) is 0 Å². The summed E-state index contributed by atoms with van der Waals surface area (Å²) in [5.74, 6) is 0.258. The van der Waals surface area contributed by atoms with Gasteiger partial charge >= 0.3 is 0 Å². The first-order valence-electron chi connectivity index (χ1n) is 6.20. The standard InChI is InChI=1S/C12H21ClN4O2/c1-8(2)12(3,7-14)16-9-6-15-17(4-5-18)11(19)10(9)13/h6,8,16,18H,4-5,7,14H2,1-3H3. The largest absolute Gasteiger partial charge is 0.394 e. The molecule has 0 aliphatic carbocycles. The average molecular weight is 289 g/mol. The van der Waals surface area contributed by atoms with Crippen molar-refractivity contribution in [3.63, 3.8) is 0 Å². The lowest BCUT2D eigenvalue weighted by atomic mass is 9.88. The van der Waals surface area contributed by atoms with E-state index in [9.17, 15) is 4.79 Å². The highest BCUT2D eigenvalue weighted by atomic mass is 35.5. The molecule has 1 aromatic heterocycles. The van der Waals surface area contributed by atoms with Crippen LogP contribution in [0, 0.1) is 5.92 Å². The molecule has 4 N–H and O–H groups in total. The molecule has 0 aliphatic rings. The molecule has 0 aliphatic heterocycles. The Morgan fingerprint density at radius 1 is 1.63 bits per heavy atom. The second-order valence-corrected chi connectivity index (χ2v) is 5.40. The molecule has 6 nitrogen and oxygen atoms in total. The van der Waals surface area contributed by atoms with Crippen molar-refractivity contribution in [1.82, 2.24) is 9.78 Å². The minimum Gasteiger partial charge on any atom is -0.394 e. The number of nitrogens with two attached hydrogens (primary N) is 1. The normalized spacial score (nSPS) is 14.5. The molecule has 1 unspecified atom stereocenters. The Morgan fingerprint density at radius 3 is 2.74 bits per heavy atom. The molecule has 1 heterocycles. The van der Waals surface area contributed by atoms with E-state index in [0.717, 1.165) is 4.68 Å². The molecule has 7 heteroatoms. The van der Waals surface area contributed by atoms with E-state index in [1.54, 1.807) is 0 Å². The highest BCUT2D eigenvalue weighted by Crippen LogP contribution is 2.24. The van der Waals surface area contributed by atoms with Crippen LogP contribution in [0.25, 0.3) is 0 Å². The van der Waals surface area contributed by atoms with Crippen LogP contribution in [0.2, 0.25) is 5.02 Å². The summed E-state index contributed by atoms with van der Waals surface area (Å²) < 4.78 is 1.13. The first-order valence-corrected chi connectivity index (χ1v) is 6.58. The van der Waals surface area contributed by atoms with Gasteiger partial charge in [0.05, 0.1) is 25.0 Å². The molecule has 0 bridgehead atoms. The number of rotatable bonds is 6. The highest BCUT2D eigenvalue weighted by molar-refractivity contribution is 6.32. The van der Waals surface area contributed by atoms with E-state index in [1.165, 1.54) is 6.20 Å². The molecule has 0 saturated heterocycles. The van der Waals surface area contributed by atoms with Gasteiger partial charge in [0, 0.05) is 12.1 Å². The topological polar surface area (TPSA) is 93.2 Å². The smallest absolute Gasteiger partial charge is 0.287 e. The van der Waals surface area contributed by atoms with Gasteiger partial charge in [-0.1, -0.05) is 25.4 Å². The molecule has 1 rings (SSSR count). The van der Waals surface area contributed by atoms with Crippen LogP contribution in [-0.4, -0.2) is 33.6 Å². The quantitative estimate of drug-likeness (QED) is 0.715. The van der Waals surface area contributed by atoms with Crippen molar-refractivity contribution in [2.75, 3.05) is 18.5 Å². The Kier molecular flexibility index (Phi) is 5.34. The average Bonchev–Trinajstić information content (AvgIpc) is 2.38. The number of anilines is 1. The Hall–Kier alpha value is -1.11. The van der Waals surface area contributed by atoms with Crippen molar-refractivity contribution in [2.24, 2.45) is 11.7 Å². The maximum atomic E-state index is 11.9. The fourth-order valence-electron chi connectivity index (χ4n) is 1.54. The van der Waals surface area contributed by atoms with Crippen LogP contribution in [0.4, 0.5) is 5.69 Å². The van der Waals surface area contributed by atoms with Crippen molar-refractivity contribution >= 4 is 17.3 Å². The third-order valence-electron chi connectivity index (χ3n) is 3.42. The molecule has 0 radical (unpaired) electrons. The first-order chi connectivity index (χ1) is 8.85. The lowest BCUT2D eigenvalue weighted by Crippen LogP contribution is -2.47. The maximum Gasteiger partial charge on any atom is 0.287 e. The van der Waals surface area contributed by atoms with Crippen molar-refractivity contribution in [1.29, 1.82) is 0 Å². The zero-order valence-corrected chi connectivity index (χ0v) is 12.2. The van der Waals surface area contributed by atoms with Crippen molar-refractivity contribution in [2.45, 2.75) is 32.9 Å². The minimum absolute atomic E-state index is 0.0591. The first kappa shape index (κ1) is 15.9. The number of nitrogens with one attached hydrogen (secondary N) is 1. The van der Waals surface area contributed by atoms with E-state index < -0.39 is 5.56 Å². The second-order valence-electron chi connectivity index (χ2n) is 5.03. The van der Waals surface area contributed by atoms with E-state index in [4.69, 9.17) is 22.4 Å². The molecular formula is C12H21ClN4O2. The number of aliphatic hydroxyl groups excluding tert-OH is 1. The van der Waals surface area contributed by atoms with Gasteiger partial charge in [-0.2, -0.15) is 5.10 Å². The Balaban J connectivity index is 3.10. The summed E-state index contributed by atoms with van der Waals surface area (Å²) in [6.07, 6.45) is 1.48. The van der Waals surface area contributed by atoms with Gasteiger partial charge in [-0.15, -0.1) is 0 Å². The van der Waals surface area contributed by atoms with E-state index in [2.05, 4.69) is 10.4 Å². The van der Waals surface area contributed by atoms with Crippen LogP contribution in [0.3, 0.4) is 0 Å². The van der Waals surface area contributed by atoms with Crippen LogP contribution < -0.4 is 16.6 Å². The summed E-state index contributed by atoms with van der Waals surface area (Å²) in [6.45, 7) is 6.40. The van der Waals surface area contributed by atoms with Crippen LogP contribution in [0.1, 0.15) is 20.8 Å². The van der Waals surface area contributed by atoms with E-state index in [-0.39, 0.29) is 29.6 Å². The molecule has 19 heavy (non-hydrogen) atoms. The maximum absolute atomic E-state index is 11.9. The summed E-state index contributed by atoms with van der Waals surface area (Å²) >= 11 is 6.04. The van der Waals surface area contributed by atoms with Gasteiger partial charge in [-0.3, -0.25) is 4.79 Å². The fraction of sp³-hybridized carbons (Fsp3) is 0.667. The SMILES string of the molecule is CC(C)C(C)(CN)Nc1cnn(CCO)c(=O)c1Cl. The summed E-state index contributed by atoms with van der Waals surface area (Å²) in [5.41, 5.74) is 5.44. The zero-order chi connectivity index (χ0) is 14.6.